The van der Waals surface area contributed by atoms with Crippen molar-refractivity contribution in [3.05, 3.63) is 315 Å². The quantitative estimate of drug-likeness (QED) is 0.0903. The topological polar surface area (TPSA) is 9.86 Å². The fourth-order valence-corrected chi connectivity index (χ4v) is 22.4. The van der Waals surface area contributed by atoms with Crippen LogP contribution in [0.4, 0.5) is 0 Å². The Morgan fingerprint density at radius 1 is 0.184 bits per heavy atom. The van der Waals surface area contributed by atoms with Crippen LogP contribution in [0.5, 0.6) is 0 Å². The van der Waals surface area contributed by atoms with Crippen LogP contribution in [0, 0.1) is 0 Å². The minimum absolute atomic E-state index is 1.13. The van der Waals surface area contributed by atoms with E-state index in [0.717, 1.165) is 11.4 Å². The number of nitrogens with zero attached hydrogens (tertiary/aromatic N) is 2. The molecule has 2 heterocycles. The smallest absolute Gasteiger partial charge is 0.179 e. The molecule has 2 aromatic heterocycles. The molecule has 0 unspecified atom stereocenters. The van der Waals surface area contributed by atoms with E-state index in [1.165, 1.54) is 96.2 Å². The summed E-state index contributed by atoms with van der Waals surface area (Å²) in [5.41, 5.74) is 9.28. The van der Waals surface area contributed by atoms with Gasteiger partial charge in [0.2, 0.25) is 0 Å². The second-order valence-electron chi connectivity index (χ2n) is 19.9. The molecule has 0 aliphatic rings. The third-order valence-electron chi connectivity index (χ3n) is 16.0. The first-order valence-corrected chi connectivity index (χ1v) is 30.3. The van der Waals surface area contributed by atoms with Gasteiger partial charge in [0.15, 0.2) is 16.1 Å². The molecule has 14 rings (SSSR count). The van der Waals surface area contributed by atoms with Gasteiger partial charge in [-0.3, -0.25) is 0 Å². The molecular weight excluding hydrogens is 949 g/mol. The molecule has 0 radical (unpaired) electrons. The lowest BCUT2D eigenvalue weighted by Crippen LogP contribution is -2.74. The highest BCUT2D eigenvalue weighted by Gasteiger charge is 2.44. The van der Waals surface area contributed by atoms with Crippen LogP contribution in [0.25, 0.3) is 66.1 Å². The molecular formula is C72H52N2Si2. The number of para-hydroxylation sites is 4. The minimum Gasteiger partial charge on any atom is -0.309 e. The predicted octanol–water partition coefficient (Wildman–Crippen LogP) is 12.3. The van der Waals surface area contributed by atoms with Gasteiger partial charge in [-0.1, -0.05) is 279 Å². The first kappa shape index (κ1) is 45.3. The van der Waals surface area contributed by atoms with Gasteiger partial charge in [-0.05, 0) is 77.9 Å². The molecule has 76 heavy (non-hydrogen) atoms. The van der Waals surface area contributed by atoms with Gasteiger partial charge in [0, 0.05) is 32.7 Å². The number of hydrogen-bond acceptors (Lipinski definition) is 0. The molecule has 0 saturated carbocycles. The van der Waals surface area contributed by atoms with Crippen molar-refractivity contribution in [3.63, 3.8) is 0 Å². The Morgan fingerprint density at radius 2 is 0.395 bits per heavy atom. The zero-order valence-electron chi connectivity index (χ0n) is 41.9. The molecule has 2 nitrogen and oxygen atoms in total. The standard InChI is InChI=1S/C72H52N2Si2/c1-7-27-53(28-8-1)75(54-29-9-2-10-30-54,55-31-11-3-12-32-55)59-47-49-71(73-67-43-23-19-39-61(67)62-40-20-24-44-68(62)73)65(51-59)66-52-60(48-50-72(66)74-69-45-25-21-41-63(69)64-42-22-26-46-70(64)74)76(56-33-13-4-14-34-56,57-35-15-5-16-36-57)58-37-17-6-18-38-58/h1-52H. The third kappa shape index (κ3) is 7.06. The Kier molecular flexibility index (Phi) is 11.2. The van der Waals surface area contributed by atoms with Crippen LogP contribution in [-0.4, -0.2) is 25.3 Å². The SMILES string of the molecule is c1ccc([Si](c2ccccc2)(c2ccccc2)c2ccc(-n3c4ccccc4c4ccccc43)c(-c3cc([Si](c4ccccc4)(c4ccccc4)c4ccccc4)ccc3-n3c4ccccc4c4ccccc43)c2)cc1. The Balaban J connectivity index is 1.20. The van der Waals surface area contributed by atoms with Crippen LogP contribution < -0.4 is 41.5 Å². The molecule has 14 aromatic rings. The van der Waals surface area contributed by atoms with Gasteiger partial charge in [-0.25, -0.2) is 0 Å². The Labute approximate surface area is 445 Å². The molecule has 0 saturated heterocycles. The zero-order chi connectivity index (χ0) is 50.5. The third-order valence-corrected chi connectivity index (χ3v) is 25.6. The van der Waals surface area contributed by atoms with Gasteiger partial charge in [-0.2, -0.15) is 0 Å². The van der Waals surface area contributed by atoms with Crippen molar-refractivity contribution in [2.45, 2.75) is 0 Å². The first-order valence-electron chi connectivity index (χ1n) is 26.3. The van der Waals surface area contributed by atoms with Crippen LogP contribution >= 0.6 is 0 Å². The molecule has 0 fully saturated rings. The van der Waals surface area contributed by atoms with Crippen molar-refractivity contribution in [1.82, 2.24) is 9.13 Å². The normalized spacial score (nSPS) is 11.9. The van der Waals surface area contributed by atoms with Gasteiger partial charge in [0.1, 0.15) is 0 Å². The largest absolute Gasteiger partial charge is 0.309 e. The second kappa shape index (κ2) is 18.9. The Morgan fingerprint density at radius 3 is 0.632 bits per heavy atom. The first-order chi connectivity index (χ1) is 37.7. The van der Waals surface area contributed by atoms with Crippen molar-refractivity contribution >= 4 is 101 Å². The van der Waals surface area contributed by atoms with Gasteiger partial charge >= 0.3 is 0 Å². The van der Waals surface area contributed by atoms with Crippen molar-refractivity contribution in [3.8, 4) is 22.5 Å². The van der Waals surface area contributed by atoms with E-state index < -0.39 is 16.1 Å². The molecule has 0 amide bonds. The van der Waals surface area contributed by atoms with Gasteiger partial charge in [0.05, 0.1) is 33.4 Å². The highest BCUT2D eigenvalue weighted by molar-refractivity contribution is 7.20. The lowest BCUT2D eigenvalue weighted by Gasteiger charge is -2.36. The van der Waals surface area contributed by atoms with E-state index in [1.807, 2.05) is 0 Å². The lowest BCUT2D eigenvalue weighted by molar-refractivity contribution is 1.16. The number of benzene rings is 12. The zero-order valence-corrected chi connectivity index (χ0v) is 43.9. The summed E-state index contributed by atoms with van der Waals surface area (Å²) in [6.45, 7) is 0. The minimum atomic E-state index is -3.07. The van der Waals surface area contributed by atoms with Crippen molar-refractivity contribution in [1.29, 1.82) is 0 Å². The Bertz CT molecular complexity index is 3790. The summed E-state index contributed by atoms with van der Waals surface area (Å²) in [7, 11) is -6.13. The maximum absolute atomic E-state index is 3.07. The average molecular weight is 1000 g/mol. The van der Waals surface area contributed by atoms with Crippen molar-refractivity contribution in [2.75, 3.05) is 0 Å². The van der Waals surface area contributed by atoms with E-state index in [-0.39, 0.29) is 0 Å². The summed E-state index contributed by atoms with van der Waals surface area (Å²) in [5.74, 6) is 0. The molecule has 4 heteroatoms. The van der Waals surface area contributed by atoms with Gasteiger partial charge in [0.25, 0.3) is 0 Å². The summed E-state index contributed by atoms with van der Waals surface area (Å²) >= 11 is 0. The highest BCUT2D eigenvalue weighted by atomic mass is 28.3. The molecule has 0 aliphatic carbocycles. The Hall–Kier alpha value is -9.33. The number of fused-ring (bicyclic) bond motifs is 6. The van der Waals surface area contributed by atoms with E-state index in [4.69, 9.17) is 0 Å². The van der Waals surface area contributed by atoms with E-state index in [1.54, 1.807) is 0 Å². The van der Waals surface area contributed by atoms with Gasteiger partial charge in [-0.15, -0.1) is 0 Å². The number of rotatable bonds is 11. The molecule has 358 valence electrons. The monoisotopic (exact) mass is 1000 g/mol. The summed E-state index contributed by atoms with van der Waals surface area (Å²) < 4.78 is 5.08. The summed E-state index contributed by atoms with van der Waals surface area (Å²) in [4.78, 5) is 0. The maximum Gasteiger partial charge on any atom is 0.179 e. The molecule has 0 bridgehead atoms. The summed E-state index contributed by atoms with van der Waals surface area (Å²) in [5, 5.41) is 15.6. The molecule has 0 N–H and O–H groups in total. The summed E-state index contributed by atoms with van der Waals surface area (Å²) in [6.07, 6.45) is 0. The average Bonchev–Trinajstić information content (AvgIpc) is 4.02. The van der Waals surface area contributed by atoms with Crippen LogP contribution in [-0.2, 0) is 0 Å². The second-order valence-corrected chi connectivity index (χ2v) is 27.5. The highest BCUT2D eigenvalue weighted by Crippen LogP contribution is 2.41. The van der Waals surface area contributed by atoms with Crippen molar-refractivity contribution < 1.29 is 0 Å². The number of hydrogen-bond donors (Lipinski definition) is 0. The van der Waals surface area contributed by atoms with Gasteiger partial charge < -0.3 is 9.13 Å². The fraction of sp³-hybridized carbons (Fsp3) is 0. The molecule has 0 aliphatic heterocycles. The van der Waals surface area contributed by atoms with E-state index in [9.17, 15) is 0 Å². The van der Waals surface area contributed by atoms with Crippen LogP contribution in [0.1, 0.15) is 0 Å². The fourth-order valence-electron chi connectivity index (χ4n) is 12.9. The van der Waals surface area contributed by atoms with Crippen LogP contribution in [0.3, 0.4) is 0 Å². The predicted molar refractivity (Wildman–Crippen MR) is 328 cm³/mol. The van der Waals surface area contributed by atoms with E-state index in [0.29, 0.717) is 0 Å². The number of aromatic nitrogens is 2. The molecule has 12 aromatic carbocycles. The molecule has 0 atom stereocenters. The van der Waals surface area contributed by atoms with E-state index >= 15 is 0 Å². The van der Waals surface area contributed by atoms with E-state index in [2.05, 4.69) is 325 Å². The lowest BCUT2D eigenvalue weighted by atomic mass is 10.0. The van der Waals surface area contributed by atoms with Crippen LogP contribution in [0.15, 0.2) is 315 Å². The van der Waals surface area contributed by atoms with Crippen molar-refractivity contribution in [2.24, 2.45) is 0 Å². The molecule has 0 spiro atoms. The summed E-state index contributed by atoms with van der Waals surface area (Å²) in [6, 6.07) is 119. The maximum atomic E-state index is 2.62. The van der Waals surface area contributed by atoms with Crippen LogP contribution in [0.2, 0.25) is 0 Å².